The molecule has 0 atom stereocenters. The number of anilines is 1. The first kappa shape index (κ1) is 12.8. The van der Waals surface area contributed by atoms with Crippen molar-refractivity contribution in [3.63, 3.8) is 0 Å². The highest BCUT2D eigenvalue weighted by molar-refractivity contribution is 6.33. The zero-order chi connectivity index (χ0) is 13.1. The number of hydrogen-bond donors (Lipinski definition) is 1. The predicted octanol–water partition coefficient (Wildman–Crippen LogP) is 2.22. The number of nitro groups is 1. The number of nitrogens with one attached hydrogen (secondary N) is 1. The van der Waals surface area contributed by atoms with Gasteiger partial charge < -0.3 is 10.1 Å². The van der Waals surface area contributed by atoms with E-state index >= 15 is 0 Å². The number of carbonyl (C=O) groups is 1. The van der Waals surface area contributed by atoms with E-state index in [0.717, 1.165) is 0 Å². The Kier molecular flexibility index (Phi) is 3.78. The second-order valence-corrected chi connectivity index (χ2v) is 4.48. The van der Waals surface area contributed by atoms with Crippen LogP contribution in [-0.4, -0.2) is 24.0 Å². The third kappa shape index (κ3) is 2.96. The van der Waals surface area contributed by atoms with Crippen molar-refractivity contribution in [1.82, 2.24) is 0 Å². The molecule has 1 aromatic rings. The molecule has 0 saturated carbocycles. The van der Waals surface area contributed by atoms with E-state index in [1.165, 1.54) is 18.2 Å². The molecule has 1 aliphatic rings. The summed E-state index contributed by atoms with van der Waals surface area (Å²) in [7, 11) is 0. The average molecular weight is 271 g/mol. The van der Waals surface area contributed by atoms with Crippen LogP contribution in [0.2, 0.25) is 5.02 Å². The molecule has 96 valence electrons. The van der Waals surface area contributed by atoms with E-state index in [-0.39, 0.29) is 28.2 Å². The lowest BCUT2D eigenvalue weighted by Gasteiger charge is -2.25. The van der Waals surface area contributed by atoms with Crippen molar-refractivity contribution in [1.29, 1.82) is 0 Å². The summed E-state index contributed by atoms with van der Waals surface area (Å²) in [6.07, 6.45) is 0.332. The molecular weight excluding hydrogens is 260 g/mol. The van der Waals surface area contributed by atoms with Crippen LogP contribution in [0.3, 0.4) is 0 Å². The Morgan fingerprint density at radius 3 is 2.83 bits per heavy atom. The largest absolute Gasteiger partial charge is 0.381 e. The number of halogens is 1. The van der Waals surface area contributed by atoms with E-state index in [1.54, 1.807) is 0 Å². The van der Waals surface area contributed by atoms with Gasteiger partial charge >= 0.3 is 0 Å². The zero-order valence-corrected chi connectivity index (χ0v) is 10.1. The van der Waals surface area contributed by atoms with Gasteiger partial charge in [-0.3, -0.25) is 14.9 Å². The van der Waals surface area contributed by atoms with Crippen LogP contribution in [0, 0.1) is 16.0 Å². The van der Waals surface area contributed by atoms with Crippen molar-refractivity contribution in [2.75, 3.05) is 18.5 Å². The lowest BCUT2D eigenvalue weighted by atomic mass is 10.0. The lowest BCUT2D eigenvalue weighted by molar-refractivity contribution is -0.384. The fraction of sp³-hybridized carbons (Fsp3) is 0.364. The Morgan fingerprint density at radius 1 is 1.56 bits per heavy atom. The second-order valence-electron chi connectivity index (χ2n) is 4.08. The zero-order valence-electron chi connectivity index (χ0n) is 9.39. The van der Waals surface area contributed by atoms with Gasteiger partial charge in [0.25, 0.3) is 5.69 Å². The highest BCUT2D eigenvalue weighted by atomic mass is 35.5. The Bertz CT molecular complexity index is 488. The smallest absolute Gasteiger partial charge is 0.271 e. The van der Waals surface area contributed by atoms with Crippen molar-refractivity contribution in [3.8, 4) is 0 Å². The molecule has 1 aromatic carbocycles. The van der Waals surface area contributed by atoms with Crippen LogP contribution >= 0.6 is 11.6 Å². The van der Waals surface area contributed by atoms with Crippen LogP contribution in [0.1, 0.15) is 6.42 Å². The molecule has 0 aromatic heterocycles. The highest BCUT2D eigenvalue weighted by Gasteiger charge is 2.22. The molecule has 1 N–H and O–H groups in total. The maximum absolute atomic E-state index is 11.7. The van der Waals surface area contributed by atoms with Gasteiger partial charge in [-0.05, 0) is 6.07 Å². The van der Waals surface area contributed by atoms with Crippen molar-refractivity contribution in [3.05, 3.63) is 33.3 Å². The Hall–Kier alpha value is -1.66. The van der Waals surface area contributed by atoms with E-state index in [1.807, 2.05) is 0 Å². The summed E-state index contributed by atoms with van der Waals surface area (Å²) in [5.41, 5.74) is 0.151. The van der Waals surface area contributed by atoms with Crippen LogP contribution in [0.5, 0.6) is 0 Å². The van der Waals surface area contributed by atoms with E-state index in [0.29, 0.717) is 19.6 Å². The van der Waals surface area contributed by atoms with Gasteiger partial charge in [-0.2, -0.15) is 0 Å². The molecule has 0 radical (unpaired) electrons. The molecule has 0 unspecified atom stereocenters. The van der Waals surface area contributed by atoms with Crippen LogP contribution < -0.4 is 5.32 Å². The van der Waals surface area contributed by atoms with E-state index in [2.05, 4.69) is 5.32 Å². The van der Waals surface area contributed by atoms with Gasteiger partial charge in [-0.15, -0.1) is 0 Å². The van der Waals surface area contributed by atoms with Crippen molar-refractivity contribution in [2.45, 2.75) is 6.42 Å². The Balaban J connectivity index is 2.04. The summed E-state index contributed by atoms with van der Waals surface area (Å²) in [4.78, 5) is 21.7. The van der Waals surface area contributed by atoms with Gasteiger partial charge in [-0.25, -0.2) is 0 Å². The van der Waals surface area contributed by atoms with Crippen molar-refractivity contribution >= 4 is 28.9 Å². The summed E-state index contributed by atoms with van der Waals surface area (Å²) in [5.74, 6) is 0.00757. The summed E-state index contributed by atoms with van der Waals surface area (Å²) >= 11 is 5.87. The number of benzene rings is 1. The number of ether oxygens (including phenoxy) is 1. The van der Waals surface area contributed by atoms with Gasteiger partial charge in [0.1, 0.15) is 0 Å². The molecule has 1 fully saturated rings. The minimum absolute atomic E-state index is 0.110. The molecule has 7 heteroatoms. The van der Waals surface area contributed by atoms with Gasteiger partial charge in [0.15, 0.2) is 0 Å². The van der Waals surface area contributed by atoms with Gasteiger partial charge in [0.2, 0.25) is 5.91 Å². The SMILES string of the molecule is O=C(CC1COC1)Nc1cc([N+](=O)[O-])ccc1Cl. The van der Waals surface area contributed by atoms with Crippen molar-refractivity contribution in [2.24, 2.45) is 5.92 Å². The van der Waals surface area contributed by atoms with Crippen LogP contribution in [0.4, 0.5) is 11.4 Å². The molecule has 0 aliphatic carbocycles. The first-order valence-electron chi connectivity index (χ1n) is 5.38. The molecule has 0 spiro atoms. The summed E-state index contributed by atoms with van der Waals surface area (Å²) in [6.45, 7) is 1.16. The highest BCUT2D eigenvalue weighted by Crippen LogP contribution is 2.27. The topological polar surface area (TPSA) is 81.5 Å². The van der Waals surface area contributed by atoms with Crippen LogP contribution in [-0.2, 0) is 9.53 Å². The van der Waals surface area contributed by atoms with Gasteiger partial charge in [0.05, 0.1) is 28.8 Å². The Morgan fingerprint density at radius 2 is 2.28 bits per heavy atom. The molecule has 1 aliphatic heterocycles. The van der Waals surface area contributed by atoms with Gasteiger partial charge in [-0.1, -0.05) is 11.6 Å². The van der Waals surface area contributed by atoms with E-state index in [9.17, 15) is 14.9 Å². The lowest BCUT2D eigenvalue weighted by Crippen LogP contribution is -2.31. The number of hydrogen-bond acceptors (Lipinski definition) is 4. The molecule has 18 heavy (non-hydrogen) atoms. The maximum Gasteiger partial charge on any atom is 0.271 e. The summed E-state index contributed by atoms with van der Waals surface area (Å²) < 4.78 is 4.96. The van der Waals surface area contributed by atoms with Crippen molar-refractivity contribution < 1.29 is 14.5 Å². The third-order valence-electron chi connectivity index (χ3n) is 2.62. The second kappa shape index (κ2) is 5.32. The molecule has 1 saturated heterocycles. The van der Waals surface area contributed by atoms with E-state index in [4.69, 9.17) is 16.3 Å². The minimum atomic E-state index is -0.536. The number of nitrogens with zero attached hydrogens (tertiary/aromatic N) is 1. The fourth-order valence-corrected chi connectivity index (χ4v) is 1.75. The molecule has 1 amide bonds. The molecule has 6 nitrogen and oxygen atoms in total. The quantitative estimate of drug-likeness (QED) is 0.672. The van der Waals surface area contributed by atoms with Crippen LogP contribution in [0.25, 0.3) is 0 Å². The first-order valence-corrected chi connectivity index (χ1v) is 5.75. The number of carbonyl (C=O) groups excluding carboxylic acids is 1. The molecular formula is C11H11ClN2O4. The minimum Gasteiger partial charge on any atom is -0.381 e. The van der Waals surface area contributed by atoms with E-state index < -0.39 is 4.92 Å². The first-order chi connectivity index (χ1) is 8.56. The normalized spacial score (nSPS) is 14.9. The fourth-order valence-electron chi connectivity index (χ4n) is 1.59. The summed E-state index contributed by atoms with van der Waals surface area (Å²) in [6, 6.07) is 3.93. The molecule has 1 heterocycles. The number of amides is 1. The predicted molar refractivity (Wildman–Crippen MR) is 65.7 cm³/mol. The Labute approximate surface area is 108 Å². The number of nitro benzene ring substituents is 1. The number of non-ortho nitro benzene ring substituents is 1. The van der Waals surface area contributed by atoms with Crippen LogP contribution in [0.15, 0.2) is 18.2 Å². The van der Waals surface area contributed by atoms with Gasteiger partial charge in [0, 0.05) is 24.5 Å². The number of rotatable bonds is 4. The molecule has 2 rings (SSSR count). The summed E-state index contributed by atoms with van der Waals surface area (Å²) in [5, 5.41) is 13.5. The maximum atomic E-state index is 11.7. The monoisotopic (exact) mass is 270 g/mol. The average Bonchev–Trinajstić information content (AvgIpc) is 2.26. The molecule has 0 bridgehead atoms. The third-order valence-corrected chi connectivity index (χ3v) is 2.95. The standard InChI is InChI=1S/C11H11ClN2O4/c12-9-2-1-8(14(16)17)4-10(9)13-11(15)3-7-5-18-6-7/h1-2,4,7H,3,5-6H2,(H,13,15).